The monoisotopic (exact) mass is 334 g/mol. The minimum atomic E-state index is -0.119. The Hall–Kier alpha value is -1.75. The number of hydrogen-bond donors (Lipinski definition) is 1. The van der Waals surface area contributed by atoms with Gasteiger partial charge in [0, 0.05) is 12.6 Å². The lowest BCUT2D eigenvalue weighted by Crippen LogP contribution is -2.35. The highest BCUT2D eigenvalue weighted by Crippen LogP contribution is 2.24. The molecule has 0 unspecified atom stereocenters. The molecule has 1 aromatic carbocycles. The van der Waals surface area contributed by atoms with Gasteiger partial charge in [-0.15, -0.1) is 0 Å². The lowest BCUT2D eigenvalue weighted by atomic mass is 9.94. The summed E-state index contributed by atoms with van der Waals surface area (Å²) < 4.78 is 10.5. The predicted octanol–water partition coefficient (Wildman–Crippen LogP) is 3.09. The van der Waals surface area contributed by atoms with Gasteiger partial charge in [-0.2, -0.15) is 0 Å². The Morgan fingerprint density at radius 3 is 2.62 bits per heavy atom. The second kappa shape index (κ2) is 9.52. The van der Waals surface area contributed by atoms with Gasteiger partial charge in [0.15, 0.2) is 0 Å². The molecule has 2 rings (SSSR count). The second-order valence-electron chi connectivity index (χ2n) is 6.45. The van der Waals surface area contributed by atoms with Crippen molar-refractivity contribution in [3.05, 3.63) is 23.8 Å². The number of hydrogen-bond acceptors (Lipinski definition) is 4. The fourth-order valence-corrected chi connectivity index (χ4v) is 3.32. The Balaban J connectivity index is 1.78. The number of rotatable bonds is 8. The van der Waals surface area contributed by atoms with Gasteiger partial charge in [-0.1, -0.05) is 19.3 Å². The van der Waals surface area contributed by atoms with Crippen LogP contribution in [0.3, 0.4) is 0 Å². The summed E-state index contributed by atoms with van der Waals surface area (Å²) in [5.74, 6) is 1.09. The summed E-state index contributed by atoms with van der Waals surface area (Å²) in [6.45, 7) is 1.68. The molecule has 0 spiro atoms. The molecule has 0 aliphatic heterocycles. The van der Waals surface area contributed by atoms with Crippen molar-refractivity contribution < 1.29 is 14.3 Å². The highest BCUT2D eigenvalue weighted by Gasteiger charge is 2.17. The van der Waals surface area contributed by atoms with Crippen molar-refractivity contribution >= 4 is 5.91 Å². The Labute approximate surface area is 145 Å². The molecule has 5 heteroatoms. The number of ether oxygens (including phenoxy) is 2. The van der Waals surface area contributed by atoms with Crippen molar-refractivity contribution in [2.24, 2.45) is 0 Å². The lowest BCUT2D eigenvalue weighted by Gasteiger charge is -2.31. The molecule has 0 saturated heterocycles. The molecule has 0 aromatic heterocycles. The Morgan fingerprint density at radius 1 is 1.21 bits per heavy atom. The van der Waals surface area contributed by atoms with E-state index in [1.807, 2.05) is 0 Å². The summed E-state index contributed by atoms with van der Waals surface area (Å²) in [4.78, 5) is 14.8. The van der Waals surface area contributed by atoms with Crippen molar-refractivity contribution in [2.45, 2.75) is 44.6 Å². The molecule has 1 fully saturated rings. The highest BCUT2D eigenvalue weighted by atomic mass is 16.5. The lowest BCUT2D eigenvalue weighted by molar-refractivity contribution is 0.0947. The zero-order valence-electron chi connectivity index (χ0n) is 15.1. The van der Waals surface area contributed by atoms with Crippen molar-refractivity contribution in [2.75, 3.05) is 34.4 Å². The average molecular weight is 334 g/mol. The Kier molecular flexibility index (Phi) is 7.37. The van der Waals surface area contributed by atoms with Crippen LogP contribution in [0, 0.1) is 0 Å². The number of carbonyl (C=O) groups is 1. The first-order valence-corrected chi connectivity index (χ1v) is 8.86. The molecule has 1 saturated carbocycles. The van der Waals surface area contributed by atoms with E-state index in [1.54, 1.807) is 32.4 Å². The van der Waals surface area contributed by atoms with Gasteiger partial charge in [-0.3, -0.25) is 4.79 Å². The van der Waals surface area contributed by atoms with Crippen LogP contribution < -0.4 is 14.8 Å². The van der Waals surface area contributed by atoms with Gasteiger partial charge >= 0.3 is 0 Å². The molecular formula is C19H30N2O3. The third kappa shape index (κ3) is 5.13. The minimum absolute atomic E-state index is 0.119. The van der Waals surface area contributed by atoms with Crippen LogP contribution in [0.2, 0.25) is 0 Å². The minimum Gasteiger partial charge on any atom is -0.497 e. The van der Waals surface area contributed by atoms with Crippen molar-refractivity contribution in [3.8, 4) is 11.5 Å². The fraction of sp³-hybridized carbons (Fsp3) is 0.632. The maximum atomic E-state index is 12.4. The average Bonchev–Trinajstić information content (AvgIpc) is 2.64. The molecule has 0 atom stereocenters. The predicted molar refractivity (Wildman–Crippen MR) is 96.0 cm³/mol. The molecule has 0 radical (unpaired) electrons. The van der Waals surface area contributed by atoms with E-state index in [1.165, 1.54) is 32.1 Å². The number of methoxy groups -OCH3 is 2. The third-order valence-corrected chi connectivity index (χ3v) is 4.82. The molecule has 0 bridgehead atoms. The second-order valence-corrected chi connectivity index (χ2v) is 6.45. The summed E-state index contributed by atoms with van der Waals surface area (Å²) in [6, 6.07) is 5.97. The van der Waals surface area contributed by atoms with Gasteiger partial charge in [0.2, 0.25) is 0 Å². The number of nitrogens with zero attached hydrogens (tertiary/aromatic N) is 1. The van der Waals surface area contributed by atoms with E-state index in [9.17, 15) is 4.79 Å². The quantitative estimate of drug-likeness (QED) is 0.742. The molecule has 1 aliphatic rings. The van der Waals surface area contributed by atoms with Gasteiger partial charge in [-0.25, -0.2) is 0 Å². The number of nitrogens with one attached hydrogen (secondary N) is 1. The SMILES string of the molecule is COc1ccc(OC)c(C(=O)NCCCN(C)C2CCCCC2)c1. The van der Waals surface area contributed by atoms with E-state index < -0.39 is 0 Å². The molecule has 0 heterocycles. The zero-order valence-corrected chi connectivity index (χ0v) is 15.1. The van der Waals surface area contributed by atoms with Crippen LogP contribution in [-0.2, 0) is 0 Å². The van der Waals surface area contributed by atoms with Crippen LogP contribution in [0.25, 0.3) is 0 Å². The van der Waals surface area contributed by atoms with Crippen LogP contribution in [-0.4, -0.2) is 51.2 Å². The maximum Gasteiger partial charge on any atom is 0.255 e. The van der Waals surface area contributed by atoms with E-state index in [0.717, 1.165) is 13.0 Å². The first kappa shape index (κ1) is 18.6. The summed E-state index contributed by atoms with van der Waals surface area (Å²) in [5, 5.41) is 2.98. The van der Waals surface area contributed by atoms with E-state index in [-0.39, 0.29) is 5.91 Å². The van der Waals surface area contributed by atoms with Crippen molar-refractivity contribution in [1.29, 1.82) is 0 Å². The van der Waals surface area contributed by atoms with E-state index in [0.29, 0.717) is 29.6 Å². The zero-order chi connectivity index (χ0) is 17.4. The fourth-order valence-electron chi connectivity index (χ4n) is 3.32. The summed E-state index contributed by atoms with van der Waals surface area (Å²) in [5.41, 5.74) is 0.512. The van der Waals surface area contributed by atoms with E-state index >= 15 is 0 Å². The molecule has 1 aromatic rings. The van der Waals surface area contributed by atoms with E-state index in [2.05, 4.69) is 17.3 Å². The molecule has 1 N–H and O–H groups in total. The molecule has 1 amide bonds. The smallest absolute Gasteiger partial charge is 0.255 e. The van der Waals surface area contributed by atoms with Crippen molar-refractivity contribution in [1.82, 2.24) is 10.2 Å². The summed E-state index contributed by atoms with van der Waals surface area (Å²) in [6.07, 6.45) is 7.64. The Morgan fingerprint density at radius 2 is 1.96 bits per heavy atom. The third-order valence-electron chi connectivity index (χ3n) is 4.82. The maximum absolute atomic E-state index is 12.4. The van der Waals surface area contributed by atoms with Crippen LogP contribution >= 0.6 is 0 Å². The molecular weight excluding hydrogens is 304 g/mol. The van der Waals surface area contributed by atoms with Crippen LogP contribution in [0.1, 0.15) is 48.9 Å². The van der Waals surface area contributed by atoms with Gasteiger partial charge in [-0.05, 0) is 51.1 Å². The number of carbonyl (C=O) groups excluding carboxylic acids is 1. The van der Waals surface area contributed by atoms with Gasteiger partial charge in [0.25, 0.3) is 5.91 Å². The highest BCUT2D eigenvalue weighted by molar-refractivity contribution is 5.97. The summed E-state index contributed by atoms with van der Waals surface area (Å²) in [7, 11) is 5.35. The van der Waals surface area contributed by atoms with Crippen molar-refractivity contribution in [3.63, 3.8) is 0 Å². The Bertz CT molecular complexity index is 527. The standard InChI is InChI=1S/C19H30N2O3/c1-21(15-8-5-4-6-9-15)13-7-12-20-19(22)17-14-16(23-2)10-11-18(17)24-3/h10-11,14-15H,4-9,12-13H2,1-3H3,(H,20,22). The molecule has 134 valence electrons. The number of amides is 1. The van der Waals surface area contributed by atoms with Crippen LogP contribution in [0.4, 0.5) is 0 Å². The van der Waals surface area contributed by atoms with Crippen LogP contribution in [0.5, 0.6) is 11.5 Å². The van der Waals surface area contributed by atoms with Gasteiger partial charge in [0.1, 0.15) is 11.5 Å². The normalized spacial score (nSPS) is 15.3. The van der Waals surface area contributed by atoms with E-state index in [4.69, 9.17) is 9.47 Å². The number of benzene rings is 1. The molecule has 24 heavy (non-hydrogen) atoms. The first-order valence-electron chi connectivity index (χ1n) is 8.86. The topological polar surface area (TPSA) is 50.8 Å². The molecule has 5 nitrogen and oxygen atoms in total. The van der Waals surface area contributed by atoms with Gasteiger partial charge in [0.05, 0.1) is 19.8 Å². The summed E-state index contributed by atoms with van der Waals surface area (Å²) >= 11 is 0. The van der Waals surface area contributed by atoms with Crippen LogP contribution in [0.15, 0.2) is 18.2 Å². The largest absolute Gasteiger partial charge is 0.497 e. The first-order chi connectivity index (χ1) is 11.7. The van der Waals surface area contributed by atoms with Gasteiger partial charge < -0.3 is 19.7 Å². The molecule has 1 aliphatic carbocycles.